The molecular weight excluding hydrogens is 306 g/mol. The van der Waals surface area contributed by atoms with Crippen molar-refractivity contribution in [3.63, 3.8) is 0 Å². The highest BCUT2D eigenvalue weighted by Crippen LogP contribution is 2.35. The first-order valence-corrected chi connectivity index (χ1v) is 8.84. The third kappa shape index (κ3) is 3.70. The number of thioether (sulfide) groups is 1. The van der Waals surface area contributed by atoms with Crippen LogP contribution in [0.15, 0.2) is 47.4 Å². The molecule has 1 atom stereocenters. The van der Waals surface area contributed by atoms with Gasteiger partial charge in [-0.1, -0.05) is 30.3 Å². The molecule has 0 saturated heterocycles. The number of carbonyl (C=O) groups excluding carboxylic acids is 1. The van der Waals surface area contributed by atoms with Gasteiger partial charge in [-0.15, -0.1) is 11.8 Å². The molecule has 1 N–H and O–H groups in total. The van der Waals surface area contributed by atoms with E-state index in [0.29, 0.717) is 0 Å². The predicted octanol–water partition coefficient (Wildman–Crippen LogP) is 4.04. The van der Waals surface area contributed by atoms with E-state index in [1.807, 2.05) is 55.9 Å². The number of rotatable bonds is 4. The van der Waals surface area contributed by atoms with Crippen molar-refractivity contribution in [1.29, 1.82) is 0 Å². The van der Waals surface area contributed by atoms with E-state index in [1.54, 1.807) is 0 Å². The van der Waals surface area contributed by atoms with Crippen LogP contribution >= 0.6 is 11.8 Å². The van der Waals surface area contributed by atoms with E-state index in [-0.39, 0.29) is 18.6 Å². The molecule has 1 heterocycles. The average Bonchev–Trinajstić information content (AvgIpc) is 2.56. The van der Waals surface area contributed by atoms with Crippen molar-refractivity contribution >= 4 is 17.7 Å². The monoisotopic (exact) mass is 327 g/mol. The van der Waals surface area contributed by atoms with Gasteiger partial charge in [-0.25, -0.2) is 0 Å². The highest BCUT2D eigenvalue weighted by Gasteiger charge is 2.22. The van der Waals surface area contributed by atoms with Gasteiger partial charge in [-0.2, -0.15) is 0 Å². The van der Waals surface area contributed by atoms with Crippen LogP contribution in [-0.4, -0.2) is 18.3 Å². The zero-order valence-corrected chi connectivity index (χ0v) is 14.3. The van der Waals surface area contributed by atoms with Gasteiger partial charge in [-0.3, -0.25) is 4.79 Å². The molecule has 0 bridgehead atoms. The molecule has 0 aromatic heterocycles. The molecule has 23 heavy (non-hydrogen) atoms. The van der Waals surface area contributed by atoms with Crippen molar-refractivity contribution in [3.8, 4) is 5.75 Å². The normalized spacial score (nSPS) is 16.5. The Balaban J connectivity index is 1.61. The van der Waals surface area contributed by atoms with E-state index in [0.717, 1.165) is 23.5 Å². The highest BCUT2D eigenvalue weighted by molar-refractivity contribution is 7.99. The Labute approximate surface area is 141 Å². The largest absolute Gasteiger partial charge is 0.483 e. The van der Waals surface area contributed by atoms with Gasteiger partial charge in [0, 0.05) is 10.6 Å². The molecule has 0 radical (unpaired) electrons. The average molecular weight is 327 g/mol. The van der Waals surface area contributed by atoms with E-state index < -0.39 is 0 Å². The van der Waals surface area contributed by atoms with Gasteiger partial charge in [0.1, 0.15) is 5.75 Å². The van der Waals surface area contributed by atoms with E-state index in [2.05, 4.69) is 17.4 Å². The number of hydrogen-bond donors (Lipinski definition) is 1. The Morgan fingerprint density at radius 1 is 1.22 bits per heavy atom. The summed E-state index contributed by atoms with van der Waals surface area (Å²) in [5.74, 6) is 1.73. The smallest absolute Gasteiger partial charge is 0.258 e. The summed E-state index contributed by atoms with van der Waals surface area (Å²) in [6.45, 7) is 4.10. The first-order valence-electron chi connectivity index (χ1n) is 7.85. The fraction of sp³-hybridized carbons (Fsp3) is 0.316. The number of benzene rings is 2. The fourth-order valence-corrected chi connectivity index (χ4v) is 3.88. The van der Waals surface area contributed by atoms with Crippen LogP contribution in [0.4, 0.5) is 0 Å². The van der Waals surface area contributed by atoms with Gasteiger partial charge in [-0.05, 0) is 49.1 Å². The summed E-state index contributed by atoms with van der Waals surface area (Å²) in [5.41, 5.74) is 3.46. The third-order valence-electron chi connectivity index (χ3n) is 4.21. The summed E-state index contributed by atoms with van der Waals surface area (Å²) in [4.78, 5) is 13.5. The standard InChI is InChI=1S/C19H21NO2S/c1-13-6-5-8-17(14(13)2)22-12-19(21)20-16-10-11-23-18-9-4-3-7-15(16)18/h3-9,16H,10-12H2,1-2H3,(H,20,21)/t16-/m0/s1. The lowest BCUT2D eigenvalue weighted by atomic mass is 10.0. The van der Waals surface area contributed by atoms with Crippen LogP contribution < -0.4 is 10.1 Å². The second-order valence-corrected chi connectivity index (χ2v) is 6.92. The molecule has 2 aromatic carbocycles. The van der Waals surface area contributed by atoms with Crippen molar-refractivity contribution in [1.82, 2.24) is 5.32 Å². The molecule has 0 aliphatic carbocycles. The van der Waals surface area contributed by atoms with Gasteiger partial charge < -0.3 is 10.1 Å². The molecule has 3 rings (SSSR count). The van der Waals surface area contributed by atoms with Gasteiger partial charge in [0.15, 0.2) is 6.61 Å². The minimum Gasteiger partial charge on any atom is -0.483 e. The maximum atomic E-state index is 12.2. The van der Waals surface area contributed by atoms with E-state index >= 15 is 0 Å². The Bertz CT molecular complexity index is 714. The van der Waals surface area contributed by atoms with Gasteiger partial charge in [0.05, 0.1) is 6.04 Å². The summed E-state index contributed by atoms with van der Waals surface area (Å²) >= 11 is 1.85. The molecule has 0 saturated carbocycles. The van der Waals surface area contributed by atoms with Crippen molar-refractivity contribution in [2.24, 2.45) is 0 Å². The second kappa shape index (κ2) is 7.09. The third-order valence-corrected chi connectivity index (χ3v) is 5.33. The topological polar surface area (TPSA) is 38.3 Å². The fourth-order valence-electron chi connectivity index (χ4n) is 2.75. The Morgan fingerprint density at radius 3 is 2.91 bits per heavy atom. The Kier molecular flexibility index (Phi) is 4.91. The van der Waals surface area contributed by atoms with Crippen LogP contribution in [0, 0.1) is 13.8 Å². The van der Waals surface area contributed by atoms with Crippen LogP contribution in [0.1, 0.15) is 29.2 Å². The van der Waals surface area contributed by atoms with Crippen LogP contribution in [0.2, 0.25) is 0 Å². The lowest BCUT2D eigenvalue weighted by molar-refractivity contribution is -0.123. The lowest BCUT2D eigenvalue weighted by Crippen LogP contribution is -2.34. The second-order valence-electron chi connectivity index (χ2n) is 5.78. The van der Waals surface area contributed by atoms with Gasteiger partial charge in [0.25, 0.3) is 5.91 Å². The number of fused-ring (bicyclic) bond motifs is 1. The van der Waals surface area contributed by atoms with Crippen LogP contribution in [0.25, 0.3) is 0 Å². The summed E-state index contributed by atoms with van der Waals surface area (Å²) in [6, 6.07) is 14.3. The molecule has 4 heteroatoms. The number of ether oxygens (including phenoxy) is 1. The molecule has 0 unspecified atom stereocenters. The first-order chi connectivity index (χ1) is 11.1. The first kappa shape index (κ1) is 15.9. The molecule has 3 nitrogen and oxygen atoms in total. The van der Waals surface area contributed by atoms with Gasteiger partial charge >= 0.3 is 0 Å². The van der Waals surface area contributed by atoms with Crippen LogP contribution in [0.3, 0.4) is 0 Å². The molecule has 0 fully saturated rings. The Hall–Kier alpha value is -1.94. The summed E-state index contributed by atoms with van der Waals surface area (Å²) in [6.07, 6.45) is 0.955. The van der Waals surface area contributed by atoms with E-state index in [4.69, 9.17) is 4.74 Å². The zero-order chi connectivity index (χ0) is 16.2. The van der Waals surface area contributed by atoms with E-state index in [1.165, 1.54) is 16.0 Å². The quantitative estimate of drug-likeness (QED) is 0.921. The number of carbonyl (C=O) groups is 1. The van der Waals surface area contributed by atoms with Crippen LogP contribution in [0.5, 0.6) is 5.75 Å². The maximum Gasteiger partial charge on any atom is 0.258 e. The van der Waals surface area contributed by atoms with Crippen molar-refractivity contribution in [2.45, 2.75) is 31.2 Å². The number of nitrogens with one attached hydrogen (secondary N) is 1. The minimum atomic E-state index is -0.0717. The predicted molar refractivity (Wildman–Crippen MR) is 94.1 cm³/mol. The van der Waals surface area contributed by atoms with Gasteiger partial charge in [0.2, 0.25) is 0 Å². The van der Waals surface area contributed by atoms with Crippen molar-refractivity contribution in [3.05, 3.63) is 59.2 Å². The molecule has 1 aliphatic heterocycles. The van der Waals surface area contributed by atoms with Crippen LogP contribution in [-0.2, 0) is 4.79 Å². The summed E-state index contributed by atoms with van der Waals surface area (Å²) in [5, 5.41) is 3.10. The maximum absolute atomic E-state index is 12.2. The number of aryl methyl sites for hydroxylation is 1. The number of amides is 1. The molecular formula is C19H21NO2S. The molecule has 0 spiro atoms. The molecule has 120 valence electrons. The molecule has 1 amide bonds. The van der Waals surface area contributed by atoms with Crippen molar-refractivity contribution in [2.75, 3.05) is 12.4 Å². The highest BCUT2D eigenvalue weighted by atomic mass is 32.2. The van der Waals surface area contributed by atoms with E-state index in [9.17, 15) is 4.79 Å². The van der Waals surface area contributed by atoms with Crippen molar-refractivity contribution < 1.29 is 9.53 Å². The minimum absolute atomic E-state index is 0.0517. The SMILES string of the molecule is Cc1cccc(OCC(=O)N[C@H]2CCSc3ccccc32)c1C. The molecule has 1 aliphatic rings. The molecule has 2 aromatic rings. The Morgan fingerprint density at radius 2 is 2.04 bits per heavy atom. The summed E-state index contributed by atoms with van der Waals surface area (Å²) < 4.78 is 5.69. The zero-order valence-electron chi connectivity index (χ0n) is 13.5. The number of hydrogen-bond acceptors (Lipinski definition) is 3. The summed E-state index contributed by atoms with van der Waals surface area (Å²) in [7, 11) is 0. The lowest BCUT2D eigenvalue weighted by Gasteiger charge is -2.25.